The molecule has 0 bridgehead atoms. The van der Waals surface area contributed by atoms with E-state index in [1.54, 1.807) is 0 Å². The van der Waals surface area contributed by atoms with Crippen LogP contribution in [-0.2, 0) is 4.79 Å². The molecule has 1 aromatic carbocycles. The lowest BCUT2D eigenvalue weighted by Gasteiger charge is -2.22. The van der Waals surface area contributed by atoms with E-state index in [0.29, 0.717) is 5.92 Å². The Labute approximate surface area is 109 Å². The van der Waals surface area contributed by atoms with Gasteiger partial charge in [0, 0.05) is 12.0 Å². The van der Waals surface area contributed by atoms with Gasteiger partial charge in [-0.1, -0.05) is 37.3 Å². The van der Waals surface area contributed by atoms with Gasteiger partial charge in [-0.25, -0.2) is 0 Å². The normalized spacial score (nSPS) is 19.9. The highest BCUT2D eigenvalue weighted by molar-refractivity contribution is 5.79. The van der Waals surface area contributed by atoms with Gasteiger partial charge in [-0.15, -0.1) is 0 Å². The van der Waals surface area contributed by atoms with Gasteiger partial charge in [0.25, 0.3) is 0 Å². The zero-order valence-corrected chi connectivity index (χ0v) is 11.1. The first-order chi connectivity index (χ1) is 8.59. The van der Waals surface area contributed by atoms with Crippen LogP contribution < -0.4 is 11.1 Å². The Morgan fingerprint density at radius 2 is 1.89 bits per heavy atom. The maximum absolute atomic E-state index is 12.1. The second-order valence-electron chi connectivity index (χ2n) is 5.38. The van der Waals surface area contributed by atoms with Gasteiger partial charge in [0.15, 0.2) is 0 Å². The van der Waals surface area contributed by atoms with Crippen molar-refractivity contribution < 1.29 is 4.79 Å². The monoisotopic (exact) mass is 246 g/mol. The van der Waals surface area contributed by atoms with Gasteiger partial charge >= 0.3 is 0 Å². The Morgan fingerprint density at radius 3 is 2.39 bits per heavy atom. The second-order valence-corrected chi connectivity index (χ2v) is 5.38. The van der Waals surface area contributed by atoms with E-state index in [9.17, 15) is 4.79 Å². The molecule has 3 N–H and O–H groups in total. The number of nitrogens with one attached hydrogen (secondary N) is 1. The number of hydrogen-bond acceptors (Lipinski definition) is 2. The van der Waals surface area contributed by atoms with Gasteiger partial charge in [0.05, 0.1) is 6.04 Å². The lowest BCUT2D eigenvalue weighted by molar-refractivity contribution is -0.125. The van der Waals surface area contributed by atoms with Crippen LogP contribution >= 0.6 is 0 Å². The van der Waals surface area contributed by atoms with Crippen molar-refractivity contribution in [3.05, 3.63) is 35.9 Å². The van der Waals surface area contributed by atoms with Crippen LogP contribution in [0.2, 0.25) is 0 Å². The van der Waals surface area contributed by atoms with Crippen molar-refractivity contribution in [2.45, 2.75) is 38.8 Å². The maximum Gasteiger partial charge on any atom is 0.224 e. The van der Waals surface area contributed by atoms with E-state index < -0.39 is 0 Å². The van der Waals surface area contributed by atoms with Crippen molar-refractivity contribution in [2.75, 3.05) is 0 Å². The summed E-state index contributed by atoms with van der Waals surface area (Å²) in [6.07, 6.45) is 2.40. The molecule has 3 atom stereocenters. The number of nitrogens with two attached hydrogens (primary N) is 1. The van der Waals surface area contributed by atoms with Crippen LogP contribution in [0.15, 0.2) is 30.3 Å². The van der Waals surface area contributed by atoms with Crippen LogP contribution in [0.1, 0.15) is 38.3 Å². The molecule has 2 rings (SSSR count). The minimum Gasteiger partial charge on any atom is -0.349 e. The summed E-state index contributed by atoms with van der Waals surface area (Å²) in [5.74, 6) is 0.511. The Balaban J connectivity index is 2.06. The fourth-order valence-corrected chi connectivity index (χ4v) is 2.09. The van der Waals surface area contributed by atoms with Gasteiger partial charge in [-0.05, 0) is 31.2 Å². The molecule has 1 aliphatic rings. The molecule has 3 nitrogen and oxygen atoms in total. The molecule has 1 aromatic rings. The summed E-state index contributed by atoms with van der Waals surface area (Å²) >= 11 is 0. The first-order valence-corrected chi connectivity index (χ1v) is 6.70. The Morgan fingerprint density at radius 1 is 1.28 bits per heavy atom. The number of benzene rings is 1. The third-order valence-corrected chi connectivity index (χ3v) is 3.75. The topological polar surface area (TPSA) is 55.1 Å². The van der Waals surface area contributed by atoms with E-state index in [4.69, 9.17) is 5.73 Å². The van der Waals surface area contributed by atoms with Crippen molar-refractivity contribution in [1.29, 1.82) is 0 Å². The van der Waals surface area contributed by atoms with Gasteiger partial charge < -0.3 is 11.1 Å². The van der Waals surface area contributed by atoms with Crippen molar-refractivity contribution in [3.63, 3.8) is 0 Å². The minimum atomic E-state index is -0.144. The predicted octanol–water partition coefficient (Wildman–Crippen LogP) is 2.24. The highest BCUT2D eigenvalue weighted by Gasteiger charge is 2.34. The third kappa shape index (κ3) is 3.10. The molecular weight excluding hydrogens is 224 g/mol. The van der Waals surface area contributed by atoms with E-state index in [2.05, 4.69) is 17.4 Å². The Bertz CT molecular complexity index is 398. The number of carbonyl (C=O) groups is 1. The largest absolute Gasteiger partial charge is 0.349 e. The zero-order valence-electron chi connectivity index (χ0n) is 11.1. The fourth-order valence-electron chi connectivity index (χ4n) is 2.09. The molecule has 1 saturated carbocycles. The molecular formula is C15H22N2O. The molecule has 3 unspecified atom stereocenters. The molecule has 0 radical (unpaired) electrons. The van der Waals surface area contributed by atoms with Gasteiger partial charge in [-0.3, -0.25) is 4.79 Å². The summed E-state index contributed by atoms with van der Waals surface area (Å²) < 4.78 is 0. The van der Waals surface area contributed by atoms with Crippen LogP contribution in [0.25, 0.3) is 0 Å². The van der Waals surface area contributed by atoms with Crippen molar-refractivity contribution >= 4 is 5.91 Å². The molecule has 1 amide bonds. The number of rotatable bonds is 5. The average molecular weight is 246 g/mol. The van der Waals surface area contributed by atoms with E-state index in [1.165, 1.54) is 18.4 Å². The van der Waals surface area contributed by atoms with Crippen LogP contribution in [0.3, 0.4) is 0 Å². The van der Waals surface area contributed by atoms with E-state index in [0.717, 1.165) is 0 Å². The average Bonchev–Trinajstić information content (AvgIpc) is 3.20. The summed E-state index contributed by atoms with van der Waals surface area (Å²) in [6, 6.07) is 10.2. The summed E-state index contributed by atoms with van der Waals surface area (Å²) in [6.45, 7) is 3.76. The van der Waals surface area contributed by atoms with E-state index in [-0.39, 0.29) is 23.9 Å². The first-order valence-electron chi connectivity index (χ1n) is 6.70. The second kappa shape index (κ2) is 5.53. The molecule has 1 fully saturated rings. The van der Waals surface area contributed by atoms with Crippen LogP contribution in [0.4, 0.5) is 0 Å². The molecule has 0 aromatic heterocycles. The van der Waals surface area contributed by atoms with Crippen molar-refractivity contribution in [2.24, 2.45) is 17.6 Å². The first kappa shape index (κ1) is 13.1. The Kier molecular flexibility index (Phi) is 4.02. The van der Waals surface area contributed by atoms with Gasteiger partial charge in [0.1, 0.15) is 0 Å². The lowest BCUT2D eigenvalue weighted by atomic mass is 9.99. The zero-order chi connectivity index (χ0) is 13.1. The quantitative estimate of drug-likeness (QED) is 0.837. The highest BCUT2D eigenvalue weighted by Crippen LogP contribution is 2.41. The van der Waals surface area contributed by atoms with Gasteiger partial charge in [-0.2, -0.15) is 0 Å². The lowest BCUT2D eigenvalue weighted by Crippen LogP contribution is -2.40. The summed E-state index contributed by atoms with van der Waals surface area (Å²) in [5, 5.41) is 3.16. The molecule has 0 aliphatic heterocycles. The van der Waals surface area contributed by atoms with E-state index in [1.807, 2.05) is 32.0 Å². The van der Waals surface area contributed by atoms with E-state index >= 15 is 0 Å². The SMILES string of the molecule is CC(N)C(C)C(=O)NC(c1ccccc1)C1CC1. The molecule has 0 heterocycles. The summed E-state index contributed by atoms with van der Waals surface area (Å²) in [7, 11) is 0. The predicted molar refractivity (Wildman–Crippen MR) is 72.9 cm³/mol. The molecule has 0 saturated heterocycles. The fraction of sp³-hybridized carbons (Fsp3) is 0.533. The van der Waals surface area contributed by atoms with Crippen LogP contribution in [0, 0.1) is 11.8 Å². The number of carbonyl (C=O) groups excluding carboxylic acids is 1. The third-order valence-electron chi connectivity index (χ3n) is 3.75. The number of hydrogen-bond donors (Lipinski definition) is 2. The molecule has 0 spiro atoms. The summed E-state index contributed by atoms with van der Waals surface area (Å²) in [4.78, 5) is 12.1. The standard InChI is InChI=1S/C15H22N2O/c1-10(11(2)16)15(18)17-14(13-8-9-13)12-6-4-3-5-7-12/h3-7,10-11,13-14H,8-9,16H2,1-2H3,(H,17,18). The highest BCUT2D eigenvalue weighted by atomic mass is 16.2. The molecule has 1 aliphatic carbocycles. The summed E-state index contributed by atoms with van der Waals surface area (Å²) in [5.41, 5.74) is 6.98. The van der Waals surface area contributed by atoms with Crippen LogP contribution in [0.5, 0.6) is 0 Å². The molecule has 3 heteroatoms. The smallest absolute Gasteiger partial charge is 0.224 e. The maximum atomic E-state index is 12.1. The minimum absolute atomic E-state index is 0.0609. The Hall–Kier alpha value is -1.35. The van der Waals surface area contributed by atoms with Crippen LogP contribution in [-0.4, -0.2) is 11.9 Å². The van der Waals surface area contributed by atoms with Crippen molar-refractivity contribution in [1.82, 2.24) is 5.32 Å². The molecule has 98 valence electrons. The molecule has 18 heavy (non-hydrogen) atoms. The van der Waals surface area contributed by atoms with Crippen molar-refractivity contribution in [3.8, 4) is 0 Å². The van der Waals surface area contributed by atoms with Gasteiger partial charge in [0.2, 0.25) is 5.91 Å². The number of amides is 1.